The van der Waals surface area contributed by atoms with E-state index in [0.717, 1.165) is 12.0 Å². The third kappa shape index (κ3) is 3.48. The minimum absolute atomic E-state index is 0.00125. The van der Waals surface area contributed by atoms with Crippen molar-refractivity contribution in [2.75, 3.05) is 6.54 Å². The normalized spacial score (nSPS) is 19.2. The van der Waals surface area contributed by atoms with Gasteiger partial charge >= 0.3 is 0 Å². The lowest BCUT2D eigenvalue weighted by atomic mass is 9.79. The summed E-state index contributed by atoms with van der Waals surface area (Å²) in [5.41, 5.74) is 2.88. The van der Waals surface area contributed by atoms with Crippen LogP contribution in [0.4, 0.5) is 0 Å². The molecular formula is C24H22ClN3O3S. The molecule has 1 saturated carbocycles. The van der Waals surface area contributed by atoms with Gasteiger partial charge in [0, 0.05) is 23.5 Å². The van der Waals surface area contributed by atoms with E-state index >= 15 is 0 Å². The summed E-state index contributed by atoms with van der Waals surface area (Å²) in [6.45, 7) is 0.302. The standard InChI is InChI=1S/C24H22ClN3O3S/c25-20-14-27-24(29)19-5-2-6-22(23(19)20)32(30,31)28-8-7-18-11-16(9-15-3-1-4-15)10-17(13-26)12-21(18)28/h2,5-6,10,12,14-15H,1,3-4,7-9,11H2,(H,27,29). The number of fused-ring (bicyclic) bond motifs is 1. The number of hydrogen-bond acceptors (Lipinski definition) is 4. The van der Waals surface area contributed by atoms with Gasteiger partial charge in [0.2, 0.25) is 0 Å². The molecule has 0 unspecified atom stereocenters. The predicted molar refractivity (Wildman–Crippen MR) is 123 cm³/mol. The predicted octanol–water partition coefficient (Wildman–Crippen LogP) is 4.80. The first-order chi connectivity index (χ1) is 15.4. The number of pyridine rings is 1. The molecule has 2 aliphatic carbocycles. The first kappa shape index (κ1) is 21.0. The van der Waals surface area contributed by atoms with Crippen molar-refractivity contribution in [3.05, 3.63) is 74.3 Å². The highest BCUT2D eigenvalue weighted by Crippen LogP contribution is 2.41. The molecular weight excluding hydrogens is 446 g/mol. The fourth-order valence-corrected chi connectivity index (χ4v) is 6.89. The molecule has 0 atom stereocenters. The Kier molecular flexibility index (Phi) is 5.23. The molecule has 1 aromatic heterocycles. The molecule has 0 spiro atoms. The zero-order chi connectivity index (χ0) is 22.5. The summed E-state index contributed by atoms with van der Waals surface area (Å²) in [6, 6.07) is 6.80. The Morgan fingerprint density at radius 3 is 2.78 bits per heavy atom. The number of nitrogens with one attached hydrogen (secondary N) is 1. The zero-order valence-corrected chi connectivity index (χ0v) is 19.0. The van der Waals surface area contributed by atoms with Gasteiger partial charge in [0.25, 0.3) is 15.6 Å². The number of benzene rings is 1. The van der Waals surface area contributed by atoms with E-state index in [2.05, 4.69) is 11.1 Å². The summed E-state index contributed by atoms with van der Waals surface area (Å²) in [5, 5.41) is 10.3. The first-order valence-electron chi connectivity index (χ1n) is 10.7. The van der Waals surface area contributed by atoms with Crippen LogP contribution in [0, 0.1) is 17.2 Å². The van der Waals surface area contributed by atoms with Crippen LogP contribution in [0.15, 0.2) is 68.7 Å². The highest BCUT2D eigenvalue weighted by Gasteiger charge is 2.35. The molecule has 5 rings (SSSR count). The van der Waals surface area contributed by atoms with Crippen LogP contribution in [-0.2, 0) is 10.0 Å². The molecule has 2 aromatic rings. The fraction of sp³-hybridized carbons (Fsp3) is 0.333. The van der Waals surface area contributed by atoms with E-state index in [-0.39, 0.29) is 20.7 Å². The molecule has 2 heterocycles. The number of rotatable bonds is 4. The van der Waals surface area contributed by atoms with Gasteiger partial charge in [-0.1, -0.05) is 42.5 Å². The van der Waals surface area contributed by atoms with E-state index in [1.165, 1.54) is 41.4 Å². The second-order valence-electron chi connectivity index (χ2n) is 8.65. The highest BCUT2D eigenvalue weighted by molar-refractivity contribution is 7.89. The third-order valence-corrected chi connectivity index (χ3v) is 8.81. The van der Waals surface area contributed by atoms with Crippen molar-refractivity contribution in [2.24, 2.45) is 5.92 Å². The Morgan fingerprint density at radius 2 is 2.06 bits per heavy atom. The highest BCUT2D eigenvalue weighted by atomic mass is 35.5. The van der Waals surface area contributed by atoms with Crippen molar-refractivity contribution in [2.45, 2.75) is 43.4 Å². The Bertz CT molecular complexity index is 1420. The molecule has 8 heteroatoms. The number of allylic oxidation sites excluding steroid dienone is 4. The number of aromatic nitrogens is 1. The smallest absolute Gasteiger partial charge is 0.265 e. The van der Waals surface area contributed by atoms with Gasteiger partial charge in [-0.25, -0.2) is 8.42 Å². The maximum atomic E-state index is 13.8. The number of nitriles is 1. The lowest BCUT2D eigenvalue weighted by Crippen LogP contribution is -2.28. The average Bonchev–Trinajstić information content (AvgIpc) is 3.06. The van der Waals surface area contributed by atoms with Crippen LogP contribution in [-0.4, -0.2) is 24.3 Å². The van der Waals surface area contributed by atoms with Gasteiger partial charge < -0.3 is 4.98 Å². The van der Waals surface area contributed by atoms with Gasteiger partial charge in [-0.2, -0.15) is 5.26 Å². The van der Waals surface area contributed by atoms with E-state index in [1.807, 2.05) is 6.08 Å². The minimum Gasteiger partial charge on any atom is -0.327 e. The van der Waals surface area contributed by atoms with Crippen molar-refractivity contribution >= 4 is 32.4 Å². The molecule has 164 valence electrons. The lowest BCUT2D eigenvalue weighted by molar-refractivity contribution is 0.312. The zero-order valence-electron chi connectivity index (χ0n) is 17.4. The Labute approximate surface area is 191 Å². The molecule has 0 bridgehead atoms. The molecule has 1 aromatic carbocycles. The summed E-state index contributed by atoms with van der Waals surface area (Å²) in [5.74, 6) is 0.667. The summed E-state index contributed by atoms with van der Waals surface area (Å²) in [6.07, 6.45) is 10.9. The second kappa shape index (κ2) is 7.95. The largest absolute Gasteiger partial charge is 0.327 e. The minimum atomic E-state index is -4.00. The van der Waals surface area contributed by atoms with Gasteiger partial charge in [-0.15, -0.1) is 0 Å². The van der Waals surface area contributed by atoms with E-state index in [1.54, 1.807) is 18.2 Å². The summed E-state index contributed by atoms with van der Waals surface area (Å²) in [7, 11) is -4.00. The molecule has 1 N–H and O–H groups in total. The number of halogens is 1. The van der Waals surface area contributed by atoms with Crippen LogP contribution in [0.3, 0.4) is 0 Å². The van der Waals surface area contributed by atoms with E-state index in [9.17, 15) is 18.5 Å². The number of aromatic amines is 1. The summed E-state index contributed by atoms with van der Waals surface area (Å²) < 4.78 is 28.9. The topological polar surface area (TPSA) is 94.0 Å². The molecule has 1 fully saturated rings. The van der Waals surface area contributed by atoms with Gasteiger partial charge in [-0.05, 0) is 55.0 Å². The maximum absolute atomic E-state index is 13.8. The molecule has 3 aliphatic rings. The van der Waals surface area contributed by atoms with E-state index in [0.29, 0.717) is 36.6 Å². The van der Waals surface area contributed by atoms with E-state index in [4.69, 9.17) is 11.6 Å². The molecule has 1 aliphatic heterocycles. The number of hydrogen-bond donors (Lipinski definition) is 1. The quantitative estimate of drug-likeness (QED) is 0.698. The molecule has 0 amide bonds. The van der Waals surface area contributed by atoms with Gasteiger partial charge in [-0.3, -0.25) is 9.10 Å². The third-order valence-electron chi connectivity index (χ3n) is 6.65. The summed E-state index contributed by atoms with van der Waals surface area (Å²) >= 11 is 6.31. The molecule has 6 nitrogen and oxygen atoms in total. The van der Waals surface area contributed by atoms with Crippen LogP contribution in [0.5, 0.6) is 0 Å². The molecule has 0 saturated heterocycles. The van der Waals surface area contributed by atoms with Crippen molar-refractivity contribution in [3.8, 4) is 6.07 Å². The van der Waals surface area contributed by atoms with Crippen LogP contribution in [0.25, 0.3) is 10.8 Å². The van der Waals surface area contributed by atoms with Crippen LogP contribution >= 0.6 is 11.6 Å². The van der Waals surface area contributed by atoms with Crippen LogP contribution in [0.2, 0.25) is 5.02 Å². The van der Waals surface area contributed by atoms with Gasteiger partial charge in [0.15, 0.2) is 0 Å². The summed E-state index contributed by atoms with van der Waals surface area (Å²) in [4.78, 5) is 14.8. The first-order valence-corrected chi connectivity index (χ1v) is 12.6. The Balaban J connectivity index is 1.58. The molecule has 0 radical (unpaired) electrons. The van der Waals surface area contributed by atoms with Crippen molar-refractivity contribution in [3.63, 3.8) is 0 Å². The second-order valence-corrected chi connectivity index (χ2v) is 10.9. The number of nitrogens with zero attached hydrogens (tertiary/aromatic N) is 2. The van der Waals surface area contributed by atoms with Gasteiger partial charge in [0.1, 0.15) is 0 Å². The monoisotopic (exact) mass is 467 g/mol. The Morgan fingerprint density at radius 1 is 1.25 bits per heavy atom. The fourth-order valence-electron chi connectivity index (χ4n) is 4.84. The van der Waals surface area contributed by atoms with Crippen LogP contribution in [0.1, 0.15) is 38.5 Å². The van der Waals surface area contributed by atoms with Crippen LogP contribution < -0.4 is 5.56 Å². The Hall–Kier alpha value is -2.82. The SMILES string of the molecule is N#CC1=CC2=C(CCN2S(=O)(=O)c2cccc3c(=O)[nH]cc(Cl)c23)CC(CC2CCC2)=C1. The maximum Gasteiger partial charge on any atom is 0.265 e. The number of H-pyrrole nitrogens is 1. The average molecular weight is 468 g/mol. The van der Waals surface area contributed by atoms with Crippen molar-refractivity contribution in [1.29, 1.82) is 5.26 Å². The van der Waals surface area contributed by atoms with Crippen molar-refractivity contribution in [1.82, 2.24) is 9.29 Å². The lowest BCUT2D eigenvalue weighted by Gasteiger charge is -2.26. The van der Waals surface area contributed by atoms with E-state index < -0.39 is 15.6 Å². The van der Waals surface area contributed by atoms with Gasteiger partial charge in [0.05, 0.1) is 27.3 Å². The molecule has 32 heavy (non-hydrogen) atoms. The van der Waals surface area contributed by atoms with Crippen molar-refractivity contribution < 1.29 is 8.42 Å². The number of sulfonamides is 1.